The number of nitrogens with one attached hydrogen (secondary N) is 2. The number of nitrogens with two attached hydrogens (primary N) is 1. The summed E-state index contributed by atoms with van der Waals surface area (Å²) in [4.78, 5) is 10.9. The van der Waals surface area contributed by atoms with Gasteiger partial charge in [-0.05, 0) is 6.92 Å². The van der Waals surface area contributed by atoms with Gasteiger partial charge in [-0.25, -0.2) is 0 Å². The molecule has 1 heterocycles. The summed E-state index contributed by atoms with van der Waals surface area (Å²) in [5.41, 5.74) is 7.04. The lowest BCUT2D eigenvalue weighted by Crippen LogP contribution is -2.11. The number of aromatic nitrogens is 2. The van der Waals surface area contributed by atoms with Gasteiger partial charge in [-0.1, -0.05) is 6.92 Å². The largest absolute Gasteiger partial charge is 0.330 e. The fraction of sp³-hybridized carbons (Fsp3) is 0.571. The molecule has 1 aromatic heterocycles. The normalized spacial score (nSPS) is 13.4. The maximum Gasteiger partial charge on any atom is 0.267 e. The summed E-state index contributed by atoms with van der Waals surface area (Å²) in [6, 6.07) is 0. The Bertz CT molecular complexity index is 286. The molecule has 0 aliphatic carbocycles. The first-order chi connectivity index (χ1) is 5.16. The molecule has 1 unspecified atom stereocenters. The molecule has 0 radical (unpaired) electrons. The average Bonchev–Trinajstić information content (AvgIpc) is 2.32. The van der Waals surface area contributed by atoms with Gasteiger partial charge in [-0.3, -0.25) is 9.89 Å². The van der Waals surface area contributed by atoms with Crippen molar-refractivity contribution >= 4 is 0 Å². The lowest BCUT2D eigenvalue weighted by molar-refractivity contribution is 0.734. The Labute approximate surface area is 64.8 Å². The third-order valence-electron chi connectivity index (χ3n) is 1.90. The van der Waals surface area contributed by atoms with Crippen LogP contribution in [0.1, 0.15) is 24.1 Å². The molecule has 0 fully saturated rings. The molecule has 0 bridgehead atoms. The minimum absolute atomic E-state index is 0.0553. The number of hydrogen-bond donors (Lipinski definition) is 3. The van der Waals surface area contributed by atoms with E-state index in [4.69, 9.17) is 5.73 Å². The zero-order valence-corrected chi connectivity index (χ0v) is 6.77. The summed E-state index contributed by atoms with van der Waals surface area (Å²) in [5.74, 6) is 0.217. The van der Waals surface area contributed by atoms with E-state index in [1.807, 2.05) is 6.92 Å². The molecule has 4 heteroatoms. The molecule has 0 amide bonds. The SMILES string of the molecule is Cc1c(C(C)CN)[nH][nH]c1=O. The third-order valence-corrected chi connectivity index (χ3v) is 1.90. The van der Waals surface area contributed by atoms with Gasteiger partial charge in [0.05, 0.1) is 0 Å². The highest BCUT2D eigenvalue weighted by atomic mass is 16.1. The summed E-state index contributed by atoms with van der Waals surface area (Å²) >= 11 is 0. The van der Waals surface area contributed by atoms with E-state index in [1.54, 1.807) is 6.92 Å². The molecular weight excluding hydrogens is 142 g/mol. The van der Waals surface area contributed by atoms with Gasteiger partial charge < -0.3 is 10.8 Å². The van der Waals surface area contributed by atoms with Crippen LogP contribution in [-0.4, -0.2) is 16.7 Å². The average molecular weight is 155 g/mol. The quantitative estimate of drug-likeness (QED) is 0.565. The second kappa shape index (κ2) is 2.92. The van der Waals surface area contributed by atoms with Crippen LogP contribution >= 0.6 is 0 Å². The van der Waals surface area contributed by atoms with Crippen molar-refractivity contribution in [3.05, 3.63) is 21.6 Å². The molecule has 0 aromatic carbocycles. The van der Waals surface area contributed by atoms with Crippen molar-refractivity contribution in [2.45, 2.75) is 19.8 Å². The summed E-state index contributed by atoms with van der Waals surface area (Å²) in [6.07, 6.45) is 0. The van der Waals surface area contributed by atoms with Crippen molar-refractivity contribution in [2.75, 3.05) is 6.54 Å². The van der Waals surface area contributed by atoms with Crippen LogP contribution in [0.2, 0.25) is 0 Å². The lowest BCUT2D eigenvalue weighted by Gasteiger charge is -2.04. The molecule has 1 aromatic rings. The molecule has 4 nitrogen and oxygen atoms in total. The molecule has 62 valence electrons. The second-order valence-corrected chi connectivity index (χ2v) is 2.75. The van der Waals surface area contributed by atoms with E-state index in [2.05, 4.69) is 10.2 Å². The van der Waals surface area contributed by atoms with Gasteiger partial charge in [0.1, 0.15) is 0 Å². The minimum Gasteiger partial charge on any atom is -0.330 e. The minimum atomic E-state index is -0.0553. The van der Waals surface area contributed by atoms with Gasteiger partial charge in [-0.2, -0.15) is 0 Å². The predicted octanol–water partition coefficient (Wildman–Crippen LogP) is 0.0736. The Morgan fingerprint density at radius 1 is 1.55 bits per heavy atom. The summed E-state index contributed by atoms with van der Waals surface area (Å²) in [6.45, 7) is 4.32. The Morgan fingerprint density at radius 3 is 2.55 bits per heavy atom. The van der Waals surface area contributed by atoms with Crippen LogP contribution in [0.15, 0.2) is 4.79 Å². The van der Waals surface area contributed by atoms with E-state index >= 15 is 0 Å². The number of hydrogen-bond acceptors (Lipinski definition) is 2. The Balaban J connectivity index is 3.04. The van der Waals surface area contributed by atoms with Crippen molar-refractivity contribution < 1.29 is 0 Å². The zero-order valence-electron chi connectivity index (χ0n) is 6.77. The van der Waals surface area contributed by atoms with Crippen LogP contribution in [0.4, 0.5) is 0 Å². The van der Waals surface area contributed by atoms with Crippen molar-refractivity contribution in [1.29, 1.82) is 0 Å². The molecule has 0 saturated heterocycles. The first-order valence-corrected chi connectivity index (χ1v) is 3.64. The number of H-pyrrole nitrogens is 2. The maximum absolute atomic E-state index is 10.9. The number of rotatable bonds is 2. The smallest absolute Gasteiger partial charge is 0.267 e. The topological polar surface area (TPSA) is 74.7 Å². The molecule has 0 aliphatic rings. The molecule has 1 atom stereocenters. The van der Waals surface area contributed by atoms with Gasteiger partial charge >= 0.3 is 0 Å². The fourth-order valence-electron chi connectivity index (χ4n) is 1.04. The molecule has 0 spiro atoms. The monoisotopic (exact) mass is 155 g/mol. The molecule has 11 heavy (non-hydrogen) atoms. The van der Waals surface area contributed by atoms with Crippen molar-refractivity contribution in [1.82, 2.24) is 10.2 Å². The molecule has 1 rings (SSSR count). The predicted molar refractivity (Wildman–Crippen MR) is 43.6 cm³/mol. The first-order valence-electron chi connectivity index (χ1n) is 3.64. The Kier molecular flexibility index (Phi) is 2.14. The summed E-state index contributed by atoms with van der Waals surface area (Å²) in [7, 11) is 0. The van der Waals surface area contributed by atoms with Gasteiger partial charge in [-0.15, -0.1) is 0 Å². The van der Waals surface area contributed by atoms with E-state index in [0.717, 1.165) is 11.3 Å². The summed E-state index contributed by atoms with van der Waals surface area (Å²) in [5, 5.41) is 5.32. The van der Waals surface area contributed by atoms with Crippen LogP contribution in [0.3, 0.4) is 0 Å². The Hall–Kier alpha value is -1.03. The van der Waals surface area contributed by atoms with Crippen molar-refractivity contribution in [3.8, 4) is 0 Å². The van der Waals surface area contributed by atoms with Crippen LogP contribution in [0, 0.1) is 6.92 Å². The second-order valence-electron chi connectivity index (χ2n) is 2.75. The fourth-order valence-corrected chi connectivity index (χ4v) is 1.04. The highest BCUT2D eigenvalue weighted by Crippen LogP contribution is 2.11. The lowest BCUT2D eigenvalue weighted by atomic mass is 10.1. The van der Waals surface area contributed by atoms with Gasteiger partial charge in [0.25, 0.3) is 5.56 Å². The third kappa shape index (κ3) is 1.35. The maximum atomic E-state index is 10.9. The highest BCUT2D eigenvalue weighted by molar-refractivity contribution is 5.18. The molecular formula is C7H13N3O. The van der Waals surface area contributed by atoms with Crippen molar-refractivity contribution in [2.24, 2.45) is 5.73 Å². The van der Waals surface area contributed by atoms with Crippen LogP contribution in [0.5, 0.6) is 0 Å². The standard InChI is InChI=1S/C7H13N3O/c1-4(3-8)6-5(2)7(11)10-9-6/h4H,3,8H2,1-2H3,(H2,9,10,11). The number of aromatic amines is 2. The highest BCUT2D eigenvalue weighted by Gasteiger charge is 2.10. The molecule has 0 saturated carbocycles. The van der Waals surface area contributed by atoms with Crippen molar-refractivity contribution in [3.63, 3.8) is 0 Å². The van der Waals surface area contributed by atoms with E-state index in [-0.39, 0.29) is 11.5 Å². The Morgan fingerprint density at radius 2 is 2.18 bits per heavy atom. The summed E-state index contributed by atoms with van der Waals surface area (Å²) < 4.78 is 0. The van der Waals surface area contributed by atoms with Gasteiger partial charge in [0, 0.05) is 23.7 Å². The molecule has 4 N–H and O–H groups in total. The molecule has 0 aliphatic heterocycles. The van der Waals surface area contributed by atoms with E-state index in [1.165, 1.54) is 0 Å². The van der Waals surface area contributed by atoms with Crippen LogP contribution in [0.25, 0.3) is 0 Å². The van der Waals surface area contributed by atoms with Gasteiger partial charge in [0.15, 0.2) is 0 Å². The van der Waals surface area contributed by atoms with E-state index < -0.39 is 0 Å². The van der Waals surface area contributed by atoms with Gasteiger partial charge in [0.2, 0.25) is 0 Å². The van der Waals surface area contributed by atoms with Crippen LogP contribution in [-0.2, 0) is 0 Å². The van der Waals surface area contributed by atoms with E-state index in [0.29, 0.717) is 6.54 Å². The first kappa shape index (κ1) is 8.07. The zero-order chi connectivity index (χ0) is 8.43. The van der Waals surface area contributed by atoms with Crippen LogP contribution < -0.4 is 11.3 Å². The van der Waals surface area contributed by atoms with E-state index in [9.17, 15) is 4.79 Å².